The fraction of sp³-hybridized carbons (Fsp3) is 0.0889. The van der Waals surface area contributed by atoms with E-state index in [0.717, 1.165) is 22.3 Å². The Morgan fingerprint density at radius 3 is 1.83 bits per heavy atom. The maximum atomic E-state index is 5.22. The Kier molecular flexibility index (Phi) is 7.18. The zero-order valence-electron chi connectivity index (χ0n) is 27.4. The number of nitrogens with zero attached hydrogens (tertiary/aromatic N) is 3. The number of rotatable bonds is 5. The molecular weight excluding hydrogens is 583 g/mol. The van der Waals surface area contributed by atoms with E-state index in [1.807, 2.05) is 13.0 Å². The van der Waals surface area contributed by atoms with Crippen molar-refractivity contribution in [1.29, 1.82) is 0 Å². The van der Waals surface area contributed by atoms with E-state index in [1.165, 1.54) is 60.7 Å². The number of aromatic nitrogens is 1. The van der Waals surface area contributed by atoms with Gasteiger partial charge in [-0.05, 0) is 75.0 Å². The number of benzene rings is 6. The first-order valence-corrected chi connectivity index (χ1v) is 16.4. The molecule has 0 amide bonds. The van der Waals surface area contributed by atoms with Crippen LogP contribution in [0.25, 0.3) is 66.3 Å². The van der Waals surface area contributed by atoms with Gasteiger partial charge in [0.05, 0.1) is 11.2 Å². The van der Waals surface area contributed by atoms with Gasteiger partial charge in [0.1, 0.15) is 0 Å². The number of amidine groups is 1. The number of hydrogen-bond donors (Lipinski definition) is 0. The summed E-state index contributed by atoms with van der Waals surface area (Å²) in [5.74, 6) is 0.612. The molecule has 3 nitrogen and oxygen atoms in total. The summed E-state index contributed by atoms with van der Waals surface area (Å²) in [5, 5.41) is 3.63. The van der Waals surface area contributed by atoms with E-state index in [4.69, 9.17) is 4.98 Å². The summed E-state index contributed by atoms with van der Waals surface area (Å²) in [4.78, 5) is 13.7. The lowest BCUT2D eigenvalue weighted by atomic mass is 9.78. The summed E-state index contributed by atoms with van der Waals surface area (Å²) in [6.45, 7) is 10.3. The molecule has 230 valence electrons. The molecule has 0 atom stereocenters. The van der Waals surface area contributed by atoms with Crippen molar-refractivity contribution in [3.63, 3.8) is 0 Å². The van der Waals surface area contributed by atoms with Gasteiger partial charge in [-0.3, -0.25) is 0 Å². The van der Waals surface area contributed by atoms with E-state index in [9.17, 15) is 0 Å². The van der Waals surface area contributed by atoms with Crippen LogP contribution in [0.15, 0.2) is 156 Å². The van der Waals surface area contributed by atoms with Crippen molar-refractivity contribution in [2.24, 2.45) is 9.98 Å². The molecule has 3 heteroatoms. The van der Waals surface area contributed by atoms with Gasteiger partial charge in [0, 0.05) is 28.1 Å². The second-order valence-corrected chi connectivity index (χ2v) is 12.9. The van der Waals surface area contributed by atoms with Crippen LogP contribution in [-0.2, 0) is 5.41 Å². The van der Waals surface area contributed by atoms with Crippen LogP contribution in [0.4, 0.5) is 0 Å². The van der Waals surface area contributed by atoms with Gasteiger partial charge in [0.15, 0.2) is 5.84 Å². The van der Waals surface area contributed by atoms with Gasteiger partial charge in [0.2, 0.25) is 0 Å². The van der Waals surface area contributed by atoms with E-state index in [1.54, 1.807) is 6.20 Å². The number of para-hydroxylation sites is 1. The third-order valence-corrected chi connectivity index (χ3v) is 9.73. The lowest BCUT2D eigenvalue weighted by molar-refractivity contribution is 0.662. The molecule has 0 spiro atoms. The maximum Gasteiger partial charge on any atom is 0.158 e. The number of pyridine rings is 1. The minimum Gasteiger partial charge on any atom is -0.247 e. The zero-order valence-corrected chi connectivity index (χ0v) is 27.4. The van der Waals surface area contributed by atoms with Crippen molar-refractivity contribution < 1.29 is 0 Å². The largest absolute Gasteiger partial charge is 0.247 e. The highest BCUT2D eigenvalue weighted by atomic mass is 14.9. The van der Waals surface area contributed by atoms with Crippen LogP contribution in [0.5, 0.6) is 0 Å². The molecule has 48 heavy (non-hydrogen) atoms. The number of aliphatic imine (C=N–C) groups is 2. The molecule has 1 aliphatic carbocycles. The van der Waals surface area contributed by atoms with E-state index in [-0.39, 0.29) is 5.41 Å². The molecule has 0 N–H and O–H groups in total. The number of allylic oxidation sites excluding steroid dienone is 1. The first-order valence-electron chi connectivity index (χ1n) is 16.4. The average Bonchev–Trinajstić information content (AvgIpc) is 3.36. The Bertz CT molecular complexity index is 2430. The van der Waals surface area contributed by atoms with Gasteiger partial charge in [-0.2, -0.15) is 0 Å². The Hall–Kier alpha value is -5.93. The Labute approximate surface area is 281 Å². The standard InChI is InChI=1S/C45H35N3/c1-5-28-47-44(46-4)32-24-20-30(21-25-32)34-27-26-33(35-12-6-7-13-36(34)35)29-18-22-31(23-19-29)41-38-15-9-11-17-40(38)48-43-37-14-8-10-16-39(37)45(2,3)42(41)43/h5-28H,4H2,1-3H3/b28-5-,47-44?. The monoisotopic (exact) mass is 617 g/mol. The van der Waals surface area contributed by atoms with Crippen molar-refractivity contribution >= 4 is 34.2 Å². The molecule has 0 saturated carbocycles. The van der Waals surface area contributed by atoms with Gasteiger partial charge in [0.25, 0.3) is 0 Å². The average molecular weight is 618 g/mol. The lowest BCUT2D eigenvalue weighted by Crippen LogP contribution is -2.16. The molecule has 0 fully saturated rings. The molecule has 1 aliphatic rings. The summed E-state index contributed by atoms with van der Waals surface area (Å²) in [6.07, 6.45) is 3.62. The zero-order chi connectivity index (χ0) is 32.8. The molecular formula is C45H35N3. The molecule has 0 aliphatic heterocycles. The Morgan fingerprint density at radius 1 is 0.625 bits per heavy atom. The summed E-state index contributed by atoms with van der Waals surface area (Å²) in [7, 11) is 0. The second-order valence-electron chi connectivity index (χ2n) is 12.9. The second kappa shape index (κ2) is 11.7. The summed E-state index contributed by atoms with van der Waals surface area (Å²) < 4.78 is 0. The van der Waals surface area contributed by atoms with Crippen LogP contribution in [0, 0.1) is 0 Å². The fourth-order valence-corrected chi connectivity index (χ4v) is 7.45. The van der Waals surface area contributed by atoms with Gasteiger partial charge >= 0.3 is 0 Å². The minimum absolute atomic E-state index is 0.162. The van der Waals surface area contributed by atoms with Crippen molar-refractivity contribution in [1.82, 2.24) is 4.98 Å². The molecule has 0 unspecified atom stereocenters. The number of fused-ring (bicyclic) bond motifs is 5. The molecule has 7 aromatic rings. The van der Waals surface area contributed by atoms with Gasteiger partial charge < -0.3 is 0 Å². The van der Waals surface area contributed by atoms with Crippen LogP contribution in [0.2, 0.25) is 0 Å². The predicted octanol–water partition coefficient (Wildman–Crippen LogP) is 11.7. The van der Waals surface area contributed by atoms with E-state index >= 15 is 0 Å². The van der Waals surface area contributed by atoms with Crippen LogP contribution in [-0.4, -0.2) is 17.5 Å². The fourth-order valence-electron chi connectivity index (χ4n) is 7.45. The quantitative estimate of drug-likeness (QED) is 0.140. The van der Waals surface area contributed by atoms with Crippen molar-refractivity contribution in [3.8, 4) is 44.6 Å². The van der Waals surface area contributed by atoms with Crippen LogP contribution in [0.3, 0.4) is 0 Å². The highest BCUT2D eigenvalue weighted by Gasteiger charge is 2.39. The van der Waals surface area contributed by atoms with Crippen molar-refractivity contribution in [2.75, 3.05) is 0 Å². The Balaban J connectivity index is 1.22. The normalized spacial score (nSPS) is 13.6. The van der Waals surface area contributed by atoms with Gasteiger partial charge in [-0.15, -0.1) is 0 Å². The Morgan fingerprint density at radius 2 is 1.19 bits per heavy atom. The summed E-state index contributed by atoms with van der Waals surface area (Å²) in [5.41, 5.74) is 14.0. The molecule has 0 bridgehead atoms. The number of hydrogen-bond acceptors (Lipinski definition) is 2. The molecule has 0 radical (unpaired) electrons. The van der Waals surface area contributed by atoms with E-state index in [2.05, 4.69) is 164 Å². The topological polar surface area (TPSA) is 37.6 Å². The molecule has 6 aromatic carbocycles. The van der Waals surface area contributed by atoms with Gasteiger partial charge in [-0.1, -0.05) is 147 Å². The molecule has 1 heterocycles. The summed E-state index contributed by atoms with van der Waals surface area (Å²) in [6, 6.07) is 48.0. The van der Waals surface area contributed by atoms with E-state index in [0.29, 0.717) is 5.84 Å². The SMILES string of the molecule is C=NC(=N/C=C\C)c1ccc(-c2ccc(-c3ccc(-c4c5c(nc6ccccc46)-c4ccccc4C5(C)C)cc3)c3ccccc23)cc1. The third-order valence-electron chi connectivity index (χ3n) is 9.73. The minimum atomic E-state index is -0.162. The molecule has 8 rings (SSSR count). The highest BCUT2D eigenvalue weighted by Crippen LogP contribution is 2.53. The first-order chi connectivity index (χ1) is 23.5. The van der Waals surface area contributed by atoms with Crippen LogP contribution in [0.1, 0.15) is 37.5 Å². The van der Waals surface area contributed by atoms with E-state index < -0.39 is 0 Å². The molecule has 1 aromatic heterocycles. The lowest BCUT2D eigenvalue weighted by Gasteiger charge is -2.25. The summed E-state index contributed by atoms with van der Waals surface area (Å²) >= 11 is 0. The molecule has 0 saturated heterocycles. The van der Waals surface area contributed by atoms with Gasteiger partial charge in [-0.25, -0.2) is 15.0 Å². The van der Waals surface area contributed by atoms with Crippen LogP contribution < -0.4 is 0 Å². The van der Waals surface area contributed by atoms with Crippen molar-refractivity contribution in [2.45, 2.75) is 26.2 Å². The first kappa shape index (κ1) is 29.5. The van der Waals surface area contributed by atoms with Crippen molar-refractivity contribution in [3.05, 3.63) is 162 Å². The third kappa shape index (κ3) is 4.70. The smallest absolute Gasteiger partial charge is 0.158 e. The maximum absolute atomic E-state index is 5.22. The highest BCUT2D eigenvalue weighted by molar-refractivity contribution is 6.07. The van der Waals surface area contributed by atoms with Crippen LogP contribution >= 0.6 is 0 Å². The predicted molar refractivity (Wildman–Crippen MR) is 204 cm³/mol.